The standard InChI is InChI=1S/C20H17BrN2O4S/c1-11-3-5-12(6-4-11)10-27-17-15(21)8-13(9-16(17)26-2)7-14-18(24)22-20(28)23-19(14)25/h3-9H,10H2,1-2H3,(H2,22,23,24,25,28). The molecule has 0 radical (unpaired) electrons. The summed E-state index contributed by atoms with van der Waals surface area (Å²) < 4.78 is 12.0. The molecule has 2 N–H and O–H groups in total. The number of hydrogen-bond donors (Lipinski definition) is 2. The van der Waals surface area contributed by atoms with E-state index in [4.69, 9.17) is 21.7 Å². The minimum atomic E-state index is -0.552. The van der Waals surface area contributed by atoms with Crippen molar-refractivity contribution in [2.45, 2.75) is 13.5 Å². The quantitative estimate of drug-likeness (QED) is 0.406. The van der Waals surface area contributed by atoms with E-state index < -0.39 is 11.8 Å². The fourth-order valence-corrected chi connectivity index (χ4v) is 3.34. The van der Waals surface area contributed by atoms with Gasteiger partial charge in [-0.3, -0.25) is 20.2 Å². The van der Waals surface area contributed by atoms with E-state index in [-0.39, 0.29) is 10.7 Å². The minimum absolute atomic E-state index is 0.00855. The second-order valence-electron chi connectivity index (χ2n) is 6.10. The lowest BCUT2D eigenvalue weighted by Gasteiger charge is -2.17. The highest BCUT2D eigenvalue weighted by molar-refractivity contribution is 9.10. The third kappa shape index (κ3) is 4.58. The van der Waals surface area contributed by atoms with Crippen molar-refractivity contribution in [3.8, 4) is 11.5 Å². The molecule has 0 unspecified atom stereocenters. The average Bonchev–Trinajstić information content (AvgIpc) is 2.64. The lowest BCUT2D eigenvalue weighted by Crippen LogP contribution is -2.51. The van der Waals surface area contributed by atoms with Crippen LogP contribution in [0.1, 0.15) is 16.7 Å². The van der Waals surface area contributed by atoms with Gasteiger partial charge in [0.2, 0.25) is 0 Å². The van der Waals surface area contributed by atoms with Crippen molar-refractivity contribution in [2.24, 2.45) is 0 Å². The van der Waals surface area contributed by atoms with Crippen LogP contribution < -0.4 is 20.1 Å². The largest absolute Gasteiger partial charge is 0.493 e. The van der Waals surface area contributed by atoms with Crippen LogP contribution >= 0.6 is 28.1 Å². The molecular weight excluding hydrogens is 444 g/mol. The Bertz CT molecular complexity index is 964. The maximum atomic E-state index is 12.0. The maximum Gasteiger partial charge on any atom is 0.263 e. The second-order valence-corrected chi connectivity index (χ2v) is 7.37. The van der Waals surface area contributed by atoms with Crippen molar-refractivity contribution < 1.29 is 19.1 Å². The number of hydrogen-bond acceptors (Lipinski definition) is 5. The predicted molar refractivity (Wildman–Crippen MR) is 113 cm³/mol. The maximum absolute atomic E-state index is 12.0. The summed E-state index contributed by atoms with van der Waals surface area (Å²) in [5.41, 5.74) is 2.75. The van der Waals surface area contributed by atoms with Gasteiger partial charge in [-0.2, -0.15) is 0 Å². The summed E-state index contributed by atoms with van der Waals surface area (Å²) in [4.78, 5) is 24.0. The first-order chi connectivity index (χ1) is 13.4. The molecule has 2 amide bonds. The highest BCUT2D eigenvalue weighted by Crippen LogP contribution is 2.37. The SMILES string of the molecule is COc1cc(C=C2C(=O)NC(=S)NC2=O)cc(Br)c1OCc1ccc(C)cc1. The fraction of sp³-hybridized carbons (Fsp3) is 0.150. The molecule has 0 atom stereocenters. The Hall–Kier alpha value is -2.71. The van der Waals surface area contributed by atoms with E-state index in [0.717, 1.165) is 5.56 Å². The molecule has 6 nitrogen and oxygen atoms in total. The Morgan fingerprint density at radius 3 is 2.36 bits per heavy atom. The van der Waals surface area contributed by atoms with Gasteiger partial charge in [0.05, 0.1) is 11.6 Å². The van der Waals surface area contributed by atoms with Crippen molar-refractivity contribution in [3.63, 3.8) is 0 Å². The number of carbonyl (C=O) groups excluding carboxylic acids is 2. The number of amides is 2. The number of benzene rings is 2. The van der Waals surface area contributed by atoms with E-state index in [1.807, 2.05) is 31.2 Å². The third-order valence-electron chi connectivity index (χ3n) is 4.01. The van der Waals surface area contributed by atoms with Crippen molar-refractivity contribution in [3.05, 3.63) is 63.1 Å². The van der Waals surface area contributed by atoms with Gasteiger partial charge in [0.15, 0.2) is 16.6 Å². The van der Waals surface area contributed by atoms with Crippen LogP contribution in [0.25, 0.3) is 6.08 Å². The van der Waals surface area contributed by atoms with E-state index in [0.29, 0.717) is 28.1 Å². The van der Waals surface area contributed by atoms with Gasteiger partial charge < -0.3 is 9.47 Å². The van der Waals surface area contributed by atoms with Crippen LogP contribution in [-0.2, 0) is 16.2 Å². The van der Waals surface area contributed by atoms with Crippen molar-refractivity contribution >= 4 is 51.2 Å². The third-order valence-corrected chi connectivity index (χ3v) is 4.80. The summed E-state index contributed by atoms with van der Waals surface area (Å²) >= 11 is 8.27. The van der Waals surface area contributed by atoms with Gasteiger partial charge in [-0.1, -0.05) is 29.8 Å². The number of thiocarbonyl (C=S) groups is 1. The second kappa shape index (κ2) is 8.53. The summed E-state index contributed by atoms with van der Waals surface area (Å²) in [6.45, 7) is 2.40. The first-order valence-corrected chi connectivity index (χ1v) is 9.51. The van der Waals surface area contributed by atoms with Gasteiger partial charge in [0.1, 0.15) is 12.2 Å². The zero-order chi connectivity index (χ0) is 20.3. The number of methoxy groups -OCH3 is 1. The van der Waals surface area contributed by atoms with Crippen LogP contribution in [0.15, 0.2) is 46.4 Å². The molecule has 3 rings (SSSR count). The number of rotatable bonds is 5. The molecule has 0 aromatic heterocycles. The van der Waals surface area contributed by atoms with E-state index in [9.17, 15) is 9.59 Å². The van der Waals surface area contributed by atoms with Gasteiger partial charge in [-0.15, -0.1) is 0 Å². The van der Waals surface area contributed by atoms with Gasteiger partial charge in [-0.25, -0.2) is 0 Å². The van der Waals surface area contributed by atoms with Crippen LogP contribution in [0, 0.1) is 6.92 Å². The van der Waals surface area contributed by atoms with E-state index in [1.165, 1.54) is 18.7 Å². The molecule has 8 heteroatoms. The zero-order valence-corrected chi connectivity index (χ0v) is 17.6. The summed E-state index contributed by atoms with van der Waals surface area (Å²) in [5, 5.41) is 4.79. The molecule has 28 heavy (non-hydrogen) atoms. The topological polar surface area (TPSA) is 76.7 Å². The van der Waals surface area contributed by atoms with Crippen molar-refractivity contribution in [1.82, 2.24) is 10.6 Å². The molecule has 0 spiro atoms. The average molecular weight is 461 g/mol. The molecule has 2 aromatic rings. The van der Waals surface area contributed by atoms with Crippen LogP contribution in [-0.4, -0.2) is 24.0 Å². The first kappa shape index (κ1) is 20.0. The normalized spacial score (nSPS) is 13.7. The van der Waals surface area contributed by atoms with E-state index >= 15 is 0 Å². The predicted octanol–water partition coefficient (Wildman–Crippen LogP) is 3.26. The van der Waals surface area contributed by atoms with E-state index in [1.54, 1.807) is 12.1 Å². The first-order valence-electron chi connectivity index (χ1n) is 8.31. The number of nitrogens with one attached hydrogen (secondary N) is 2. The summed E-state index contributed by atoms with van der Waals surface area (Å²) in [7, 11) is 1.52. The lowest BCUT2D eigenvalue weighted by molar-refractivity contribution is -0.123. The molecule has 0 aliphatic carbocycles. The van der Waals surface area contributed by atoms with Gasteiger partial charge in [0.25, 0.3) is 11.8 Å². The fourth-order valence-electron chi connectivity index (χ4n) is 2.58. The van der Waals surface area contributed by atoms with Gasteiger partial charge >= 0.3 is 0 Å². The summed E-state index contributed by atoms with van der Waals surface area (Å²) in [5.74, 6) is -0.100. The highest BCUT2D eigenvalue weighted by Gasteiger charge is 2.26. The molecule has 1 fully saturated rings. The van der Waals surface area contributed by atoms with Gasteiger partial charge in [0, 0.05) is 0 Å². The van der Waals surface area contributed by atoms with Crippen molar-refractivity contribution in [1.29, 1.82) is 0 Å². The Morgan fingerprint density at radius 2 is 1.75 bits per heavy atom. The van der Waals surface area contributed by atoms with Crippen LogP contribution in [0.3, 0.4) is 0 Å². The number of halogens is 1. The highest BCUT2D eigenvalue weighted by atomic mass is 79.9. The Labute approximate surface area is 176 Å². The molecule has 1 heterocycles. The van der Waals surface area contributed by atoms with Crippen LogP contribution in [0.2, 0.25) is 0 Å². The lowest BCUT2D eigenvalue weighted by atomic mass is 10.1. The summed E-state index contributed by atoms with van der Waals surface area (Å²) in [6.07, 6.45) is 1.46. The number of aryl methyl sites for hydroxylation is 1. The molecule has 1 saturated heterocycles. The molecule has 0 bridgehead atoms. The monoisotopic (exact) mass is 460 g/mol. The molecule has 1 aliphatic rings. The Kier molecular flexibility index (Phi) is 6.11. The van der Waals surface area contributed by atoms with Crippen LogP contribution in [0.4, 0.5) is 0 Å². The Balaban J connectivity index is 1.86. The zero-order valence-electron chi connectivity index (χ0n) is 15.2. The van der Waals surface area contributed by atoms with Crippen LogP contribution in [0.5, 0.6) is 11.5 Å². The minimum Gasteiger partial charge on any atom is -0.493 e. The van der Waals surface area contributed by atoms with E-state index in [2.05, 4.69) is 26.6 Å². The molecule has 1 aliphatic heterocycles. The number of carbonyl (C=O) groups is 2. The van der Waals surface area contributed by atoms with Gasteiger partial charge in [-0.05, 0) is 64.4 Å². The molecule has 144 valence electrons. The molecule has 0 saturated carbocycles. The number of ether oxygens (including phenoxy) is 2. The Morgan fingerprint density at radius 1 is 1.11 bits per heavy atom. The molecular formula is C20H17BrN2O4S. The molecule has 2 aromatic carbocycles. The smallest absolute Gasteiger partial charge is 0.263 e. The van der Waals surface area contributed by atoms with Crippen molar-refractivity contribution in [2.75, 3.05) is 7.11 Å². The summed E-state index contributed by atoms with van der Waals surface area (Å²) in [6, 6.07) is 11.5.